The number of nitrogens with one attached hydrogen (secondary N) is 2. The van der Waals surface area contributed by atoms with Gasteiger partial charge in [0, 0.05) is 31.2 Å². The molecule has 1 aliphatic heterocycles. The van der Waals surface area contributed by atoms with Crippen LogP contribution in [-0.2, 0) is 6.61 Å². The third kappa shape index (κ3) is 3.81. The molecule has 0 amide bonds. The van der Waals surface area contributed by atoms with Gasteiger partial charge in [0.25, 0.3) is 0 Å². The summed E-state index contributed by atoms with van der Waals surface area (Å²) in [7, 11) is 1.84. The molecule has 0 unspecified atom stereocenters. The van der Waals surface area contributed by atoms with Crippen molar-refractivity contribution in [1.82, 2.24) is 5.32 Å². The fourth-order valence-electron chi connectivity index (χ4n) is 2.29. The summed E-state index contributed by atoms with van der Waals surface area (Å²) in [6.45, 7) is 2.11. The standard InChI is InChI=1S/C17H20ClN3O2/c1-20-15-6-11(2-4-14(15)19)10-22-16-5-3-12(18)7-17(16)23-13-8-21-9-13/h2-7,13,20-21H,8-10,19H2,1H3. The van der Waals surface area contributed by atoms with E-state index >= 15 is 0 Å². The second-order valence-corrected chi connectivity index (χ2v) is 5.89. The number of hydrogen-bond donors (Lipinski definition) is 3. The van der Waals surface area contributed by atoms with Gasteiger partial charge in [-0.05, 0) is 29.8 Å². The topological polar surface area (TPSA) is 68.5 Å². The Morgan fingerprint density at radius 2 is 2.04 bits per heavy atom. The molecule has 3 rings (SSSR count). The predicted molar refractivity (Wildman–Crippen MR) is 93.5 cm³/mol. The van der Waals surface area contributed by atoms with E-state index in [0.29, 0.717) is 28.8 Å². The van der Waals surface area contributed by atoms with E-state index in [2.05, 4.69) is 10.6 Å². The van der Waals surface area contributed by atoms with Crippen LogP contribution in [0.25, 0.3) is 0 Å². The van der Waals surface area contributed by atoms with Crippen molar-refractivity contribution in [3.63, 3.8) is 0 Å². The molecule has 0 bridgehead atoms. The lowest BCUT2D eigenvalue weighted by Gasteiger charge is -2.28. The van der Waals surface area contributed by atoms with Crippen LogP contribution in [0.2, 0.25) is 5.02 Å². The second kappa shape index (κ2) is 6.98. The zero-order chi connectivity index (χ0) is 16.2. The van der Waals surface area contributed by atoms with Crippen molar-refractivity contribution in [3.8, 4) is 11.5 Å². The Balaban J connectivity index is 1.72. The molecule has 5 nitrogen and oxygen atoms in total. The van der Waals surface area contributed by atoms with E-state index in [4.69, 9.17) is 26.8 Å². The highest BCUT2D eigenvalue weighted by Crippen LogP contribution is 2.32. The molecule has 4 N–H and O–H groups in total. The van der Waals surface area contributed by atoms with Gasteiger partial charge in [-0.3, -0.25) is 0 Å². The van der Waals surface area contributed by atoms with Crippen LogP contribution >= 0.6 is 11.6 Å². The van der Waals surface area contributed by atoms with Crippen LogP contribution in [0.1, 0.15) is 5.56 Å². The van der Waals surface area contributed by atoms with Gasteiger partial charge in [0.2, 0.25) is 0 Å². The minimum atomic E-state index is 0.170. The zero-order valence-corrected chi connectivity index (χ0v) is 13.7. The summed E-state index contributed by atoms with van der Waals surface area (Å²) in [6.07, 6.45) is 0.170. The van der Waals surface area contributed by atoms with Crippen molar-refractivity contribution in [2.75, 3.05) is 31.2 Å². The van der Waals surface area contributed by atoms with Gasteiger partial charge in [0.05, 0.1) is 11.4 Å². The number of ether oxygens (including phenoxy) is 2. The van der Waals surface area contributed by atoms with Crippen LogP contribution in [0.5, 0.6) is 11.5 Å². The molecule has 1 heterocycles. The van der Waals surface area contributed by atoms with Gasteiger partial charge in [-0.2, -0.15) is 0 Å². The van der Waals surface area contributed by atoms with Gasteiger partial charge in [-0.15, -0.1) is 0 Å². The average molecular weight is 334 g/mol. The minimum Gasteiger partial charge on any atom is -0.485 e. The summed E-state index contributed by atoms with van der Waals surface area (Å²) in [5.41, 5.74) is 8.50. The lowest BCUT2D eigenvalue weighted by atomic mass is 10.2. The number of halogens is 1. The molecule has 0 aromatic heterocycles. The summed E-state index contributed by atoms with van der Waals surface area (Å²) in [5.74, 6) is 1.36. The first-order valence-corrected chi connectivity index (χ1v) is 7.89. The third-order valence-electron chi connectivity index (χ3n) is 3.72. The van der Waals surface area contributed by atoms with Crippen molar-refractivity contribution >= 4 is 23.0 Å². The highest BCUT2D eigenvalue weighted by Gasteiger charge is 2.20. The Bertz CT molecular complexity index is 690. The van der Waals surface area contributed by atoms with E-state index in [1.165, 1.54) is 0 Å². The number of benzene rings is 2. The van der Waals surface area contributed by atoms with Gasteiger partial charge in [-0.1, -0.05) is 17.7 Å². The molecule has 122 valence electrons. The van der Waals surface area contributed by atoms with Crippen LogP contribution in [0.3, 0.4) is 0 Å². The first-order valence-electron chi connectivity index (χ1n) is 7.51. The summed E-state index contributed by atoms with van der Waals surface area (Å²) < 4.78 is 11.8. The molecule has 23 heavy (non-hydrogen) atoms. The summed E-state index contributed by atoms with van der Waals surface area (Å²) in [4.78, 5) is 0. The van der Waals surface area contributed by atoms with Crippen molar-refractivity contribution in [2.45, 2.75) is 12.7 Å². The molecule has 0 saturated carbocycles. The lowest BCUT2D eigenvalue weighted by molar-refractivity contribution is 0.134. The largest absolute Gasteiger partial charge is 0.485 e. The second-order valence-electron chi connectivity index (χ2n) is 5.45. The monoisotopic (exact) mass is 333 g/mol. The third-order valence-corrected chi connectivity index (χ3v) is 3.96. The SMILES string of the molecule is CNc1cc(COc2ccc(Cl)cc2OC2CNC2)ccc1N. The van der Waals surface area contributed by atoms with Gasteiger partial charge in [0.15, 0.2) is 11.5 Å². The molecular weight excluding hydrogens is 314 g/mol. The maximum atomic E-state index is 6.06. The number of anilines is 2. The van der Waals surface area contributed by atoms with Crippen molar-refractivity contribution in [1.29, 1.82) is 0 Å². The Labute approximate surface area is 140 Å². The highest BCUT2D eigenvalue weighted by molar-refractivity contribution is 6.30. The van der Waals surface area contributed by atoms with E-state index < -0.39 is 0 Å². The quantitative estimate of drug-likeness (QED) is 0.709. The van der Waals surface area contributed by atoms with E-state index in [1.807, 2.05) is 31.3 Å². The lowest BCUT2D eigenvalue weighted by Crippen LogP contribution is -2.50. The van der Waals surface area contributed by atoms with E-state index in [-0.39, 0.29) is 6.10 Å². The predicted octanol–water partition coefficient (Wildman–Crippen LogP) is 2.89. The first kappa shape index (κ1) is 15.8. The molecule has 1 aliphatic rings. The molecule has 2 aromatic rings. The Morgan fingerprint density at radius 1 is 1.22 bits per heavy atom. The van der Waals surface area contributed by atoms with E-state index in [0.717, 1.165) is 24.3 Å². The van der Waals surface area contributed by atoms with Gasteiger partial charge in [0.1, 0.15) is 12.7 Å². The number of rotatable bonds is 6. The Hall–Kier alpha value is -2.11. The van der Waals surface area contributed by atoms with Gasteiger partial charge >= 0.3 is 0 Å². The highest BCUT2D eigenvalue weighted by atomic mass is 35.5. The molecule has 0 spiro atoms. The molecule has 0 radical (unpaired) electrons. The molecule has 1 fully saturated rings. The van der Waals surface area contributed by atoms with Gasteiger partial charge < -0.3 is 25.8 Å². The van der Waals surface area contributed by atoms with Crippen molar-refractivity contribution in [2.24, 2.45) is 0 Å². The summed E-state index contributed by atoms with van der Waals surface area (Å²) >= 11 is 6.06. The van der Waals surface area contributed by atoms with E-state index in [1.54, 1.807) is 12.1 Å². The normalized spacial score (nSPS) is 14.2. The number of hydrogen-bond acceptors (Lipinski definition) is 5. The number of nitrogens with two attached hydrogens (primary N) is 1. The van der Waals surface area contributed by atoms with E-state index in [9.17, 15) is 0 Å². The van der Waals surface area contributed by atoms with Gasteiger partial charge in [-0.25, -0.2) is 0 Å². The summed E-state index contributed by atoms with van der Waals surface area (Å²) in [5, 5.41) is 6.87. The molecule has 0 aliphatic carbocycles. The first-order chi connectivity index (χ1) is 11.2. The minimum absolute atomic E-state index is 0.170. The van der Waals surface area contributed by atoms with Crippen LogP contribution in [0, 0.1) is 0 Å². The smallest absolute Gasteiger partial charge is 0.163 e. The number of nitrogen functional groups attached to an aromatic ring is 1. The Morgan fingerprint density at radius 3 is 2.74 bits per heavy atom. The maximum Gasteiger partial charge on any atom is 0.163 e. The van der Waals surface area contributed by atoms with Crippen LogP contribution < -0.4 is 25.8 Å². The zero-order valence-electron chi connectivity index (χ0n) is 12.9. The van der Waals surface area contributed by atoms with Crippen LogP contribution in [-0.4, -0.2) is 26.2 Å². The average Bonchev–Trinajstić information content (AvgIpc) is 2.51. The molecule has 1 saturated heterocycles. The molecule has 6 heteroatoms. The molecular formula is C17H20ClN3O2. The fourth-order valence-corrected chi connectivity index (χ4v) is 2.45. The maximum absolute atomic E-state index is 6.06. The molecule has 2 aromatic carbocycles. The summed E-state index contributed by atoms with van der Waals surface area (Å²) in [6, 6.07) is 11.2. The van der Waals surface area contributed by atoms with Crippen LogP contribution in [0.4, 0.5) is 11.4 Å². The molecule has 0 atom stereocenters. The fraction of sp³-hybridized carbons (Fsp3) is 0.294. The Kier molecular flexibility index (Phi) is 4.79. The van der Waals surface area contributed by atoms with Crippen molar-refractivity contribution < 1.29 is 9.47 Å². The van der Waals surface area contributed by atoms with Crippen LogP contribution in [0.15, 0.2) is 36.4 Å². The van der Waals surface area contributed by atoms with Crippen molar-refractivity contribution in [3.05, 3.63) is 47.0 Å².